The standard InChI is InChI=1S/C13H13BrN4O2/c14-11-3-1-10(2-4-11)7-18(8-12(15)19)13(20)17-6-5-16-9-17/h1-6,9H,7-8H2,(H2,15,19). The second-order valence-electron chi connectivity index (χ2n) is 4.20. The first-order chi connectivity index (χ1) is 9.56. The summed E-state index contributed by atoms with van der Waals surface area (Å²) in [6, 6.07) is 7.15. The van der Waals surface area contributed by atoms with Gasteiger partial charge in [-0.3, -0.25) is 9.36 Å². The van der Waals surface area contributed by atoms with Crippen LogP contribution in [0.4, 0.5) is 4.79 Å². The van der Waals surface area contributed by atoms with Crippen molar-refractivity contribution in [2.75, 3.05) is 6.54 Å². The van der Waals surface area contributed by atoms with Crippen LogP contribution in [0, 0.1) is 0 Å². The van der Waals surface area contributed by atoms with Gasteiger partial charge in [-0.05, 0) is 17.7 Å². The Labute approximate surface area is 124 Å². The number of benzene rings is 1. The quantitative estimate of drug-likeness (QED) is 0.920. The zero-order valence-corrected chi connectivity index (χ0v) is 12.2. The lowest BCUT2D eigenvalue weighted by Crippen LogP contribution is -2.39. The van der Waals surface area contributed by atoms with Gasteiger partial charge in [0, 0.05) is 23.4 Å². The van der Waals surface area contributed by atoms with E-state index in [2.05, 4.69) is 20.9 Å². The second-order valence-corrected chi connectivity index (χ2v) is 5.12. The van der Waals surface area contributed by atoms with Gasteiger partial charge in [-0.1, -0.05) is 28.1 Å². The van der Waals surface area contributed by atoms with Crippen LogP contribution in [-0.2, 0) is 11.3 Å². The van der Waals surface area contributed by atoms with Crippen LogP contribution in [0.25, 0.3) is 0 Å². The lowest BCUT2D eigenvalue weighted by molar-refractivity contribution is -0.118. The molecule has 104 valence electrons. The van der Waals surface area contributed by atoms with Crippen LogP contribution >= 0.6 is 15.9 Å². The lowest BCUT2D eigenvalue weighted by atomic mass is 10.2. The predicted molar refractivity (Wildman–Crippen MR) is 76.8 cm³/mol. The zero-order valence-electron chi connectivity index (χ0n) is 10.6. The fourth-order valence-corrected chi connectivity index (χ4v) is 1.99. The molecule has 2 rings (SSSR count). The minimum Gasteiger partial charge on any atom is -0.368 e. The smallest absolute Gasteiger partial charge is 0.330 e. The molecule has 2 amide bonds. The van der Waals surface area contributed by atoms with Crippen LogP contribution in [0.15, 0.2) is 47.5 Å². The minimum atomic E-state index is -0.560. The molecule has 0 unspecified atom stereocenters. The van der Waals surface area contributed by atoms with E-state index in [0.29, 0.717) is 6.54 Å². The van der Waals surface area contributed by atoms with Gasteiger partial charge < -0.3 is 10.6 Å². The van der Waals surface area contributed by atoms with Crippen LogP contribution in [0.3, 0.4) is 0 Å². The first kappa shape index (κ1) is 14.3. The fourth-order valence-electron chi connectivity index (χ4n) is 1.73. The van der Waals surface area contributed by atoms with Crippen molar-refractivity contribution in [1.82, 2.24) is 14.5 Å². The Hall–Kier alpha value is -2.15. The van der Waals surface area contributed by atoms with Gasteiger partial charge in [0.05, 0.1) is 0 Å². The molecule has 20 heavy (non-hydrogen) atoms. The number of carbonyl (C=O) groups is 2. The highest BCUT2D eigenvalue weighted by Gasteiger charge is 2.17. The van der Waals surface area contributed by atoms with Crippen molar-refractivity contribution in [3.63, 3.8) is 0 Å². The van der Waals surface area contributed by atoms with E-state index < -0.39 is 5.91 Å². The van der Waals surface area contributed by atoms with Crippen molar-refractivity contribution >= 4 is 27.9 Å². The van der Waals surface area contributed by atoms with Crippen molar-refractivity contribution in [2.24, 2.45) is 5.73 Å². The number of aromatic nitrogens is 2. The number of rotatable bonds is 4. The first-order valence-corrected chi connectivity index (χ1v) is 6.65. The van der Waals surface area contributed by atoms with E-state index in [4.69, 9.17) is 5.73 Å². The van der Waals surface area contributed by atoms with E-state index in [1.165, 1.54) is 28.2 Å². The van der Waals surface area contributed by atoms with Crippen LogP contribution in [0.1, 0.15) is 5.56 Å². The average Bonchev–Trinajstić information content (AvgIpc) is 2.93. The third kappa shape index (κ3) is 3.67. The number of imidazole rings is 1. The van der Waals surface area contributed by atoms with Gasteiger partial charge in [-0.2, -0.15) is 0 Å². The van der Waals surface area contributed by atoms with Crippen molar-refractivity contribution in [1.29, 1.82) is 0 Å². The van der Waals surface area contributed by atoms with Gasteiger partial charge in [-0.15, -0.1) is 0 Å². The maximum atomic E-state index is 12.2. The summed E-state index contributed by atoms with van der Waals surface area (Å²) in [5, 5.41) is 0. The predicted octanol–water partition coefficient (Wildman–Crippen LogP) is 1.60. The monoisotopic (exact) mass is 336 g/mol. The van der Waals surface area contributed by atoms with Gasteiger partial charge in [0.25, 0.3) is 0 Å². The Morgan fingerprint density at radius 1 is 1.30 bits per heavy atom. The highest BCUT2D eigenvalue weighted by molar-refractivity contribution is 9.10. The third-order valence-corrected chi connectivity index (χ3v) is 3.16. The maximum absolute atomic E-state index is 12.2. The summed E-state index contributed by atoms with van der Waals surface area (Å²) in [7, 11) is 0. The number of primary amides is 1. The largest absolute Gasteiger partial charge is 0.368 e. The van der Waals surface area contributed by atoms with Crippen molar-refractivity contribution in [3.05, 3.63) is 53.0 Å². The lowest BCUT2D eigenvalue weighted by Gasteiger charge is -2.21. The zero-order chi connectivity index (χ0) is 14.5. The van der Waals surface area contributed by atoms with Crippen molar-refractivity contribution in [3.8, 4) is 0 Å². The molecule has 2 aromatic rings. The van der Waals surface area contributed by atoms with E-state index in [0.717, 1.165) is 10.0 Å². The van der Waals surface area contributed by atoms with Gasteiger partial charge in [0.1, 0.15) is 12.9 Å². The number of carbonyl (C=O) groups excluding carboxylic acids is 2. The summed E-state index contributed by atoms with van der Waals surface area (Å²) in [6.45, 7) is 0.153. The SMILES string of the molecule is NC(=O)CN(Cc1ccc(Br)cc1)C(=O)n1ccnc1. The van der Waals surface area contributed by atoms with Gasteiger partial charge >= 0.3 is 6.03 Å². The number of nitrogens with zero attached hydrogens (tertiary/aromatic N) is 3. The van der Waals surface area contributed by atoms with E-state index >= 15 is 0 Å². The number of amides is 2. The summed E-state index contributed by atoms with van der Waals surface area (Å²) in [5.74, 6) is -0.560. The molecular weight excluding hydrogens is 324 g/mol. The molecule has 1 aromatic heterocycles. The van der Waals surface area contributed by atoms with Crippen LogP contribution in [-0.4, -0.2) is 32.9 Å². The molecule has 0 aliphatic heterocycles. The summed E-state index contributed by atoms with van der Waals surface area (Å²) < 4.78 is 2.26. The molecule has 0 radical (unpaired) electrons. The molecule has 6 nitrogen and oxygen atoms in total. The number of hydrogen-bond acceptors (Lipinski definition) is 3. The number of hydrogen-bond donors (Lipinski definition) is 1. The Morgan fingerprint density at radius 3 is 2.55 bits per heavy atom. The second kappa shape index (κ2) is 6.33. The highest BCUT2D eigenvalue weighted by Crippen LogP contribution is 2.12. The van der Waals surface area contributed by atoms with Crippen LogP contribution in [0.2, 0.25) is 0 Å². The number of nitrogens with two attached hydrogens (primary N) is 1. The van der Waals surface area contributed by atoms with E-state index in [1.807, 2.05) is 24.3 Å². The summed E-state index contributed by atoms with van der Waals surface area (Å²) in [6.07, 6.45) is 4.41. The highest BCUT2D eigenvalue weighted by atomic mass is 79.9. The summed E-state index contributed by atoms with van der Waals surface area (Å²) >= 11 is 3.35. The molecule has 0 aliphatic carbocycles. The molecule has 0 saturated heterocycles. The van der Waals surface area contributed by atoms with Crippen LogP contribution < -0.4 is 5.73 Å². The molecule has 1 heterocycles. The van der Waals surface area contributed by atoms with E-state index in [1.54, 1.807) is 0 Å². The van der Waals surface area contributed by atoms with Crippen LogP contribution in [0.5, 0.6) is 0 Å². The van der Waals surface area contributed by atoms with Crippen molar-refractivity contribution in [2.45, 2.75) is 6.54 Å². The summed E-state index contributed by atoms with van der Waals surface area (Å²) in [5.41, 5.74) is 6.10. The normalized spacial score (nSPS) is 10.2. The molecule has 0 saturated carbocycles. The Kier molecular flexibility index (Phi) is 4.52. The molecule has 2 N–H and O–H groups in total. The molecule has 0 aliphatic rings. The molecule has 0 fully saturated rings. The molecule has 0 atom stereocenters. The molecule has 0 spiro atoms. The molecule has 0 bridgehead atoms. The molecule has 7 heteroatoms. The average molecular weight is 337 g/mol. The summed E-state index contributed by atoms with van der Waals surface area (Å²) in [4.78, 5) is 28.6. The first-order valence-electron chi connectivity index (χ1n) is 5.86. The molecular formula is C13H13BrN4O2. The van der Waals surface area contributed by atoms with E-state index in [9.17, 15) is 9.59 Å². The number of halogens is 1. The van der Waals surface area contributed by atoms with Gasteiger partial charge in [0.15, 0.2) is 0 Å². The Balaban J connectivity index is 2.17. The van der Waals surface area contributed by atoms with Crippen molar-refractivity contribution < 1.29 is 9.59 Å². The Bertz CT molecular complexity index is 595. The molecule has 1 aromatic carbocycles. The Morgan fingerprint density at radius 2 is 2.00 bits per heavy atom. The van der Waals surface area contributed by atoms with Gasteiger partial charge in [0.2, 0.25) is 5.91 Å². The van der Waals surface area contributed by atoms with Gasteiger partial charge in [-0.25, -0.2) is 9.78 Å². The third-order valence-electron chi connectivity index (χ3n) is 2.63. The maximum Gasteiger partial charge on any atom is 0.330 e. The van der Waals surface area contributed by atoms with E-state index in [-0.39, 0.29) is 12.6 Å². The minimum absolute atomic E-state index is 0.146. The topological polar surface area (TPSA) is 81.2 Å². The fraction of sp³-hybridized carbons (Fsp3) is 0.154.